The number of aryl methyl sites for hydroxylation is 1. The molecule has 1 aliphatic carbocycles. The molecule has 0 unspecified atom stereocenters. The second kappa shape index (κ2) is 7.81. The Morgan fingerprint density at radius 3 is 2.40 bits per heavy atom. The van der Waals surface area contributed by atoms with Crippen LogP contribution in [0.15, 0.2) is 30.5 Å². The summed E-state index contributed by atoms with van der Waals surface area (Å²) < 4.78 is 40.5. The second-order valence-corrected chi connectivity index (χ2v) is 8.03. The number of hydrogen-bond acceptors (Lipinski definition) is 2. The van der Waals surface area contributed by atoms with Gasteiger partial charge >= 0.3 is 6.18 Å². The summed E-state index contributed by atoms with van der Waals surface area (Å²) in [7, 11) is 0. The van der Waals surface area contributed by atoms with E-state index in [0.29, 0.717) is 38.0 Å². The number of carbonyl (C=O) groups is 1. The third kappa shape index (κ3) is 4.22. The van der Waals surface area contributed by atoms with Gasteiger partial charge in [0.05, 0.1) is 18.7 Å². The molecule has 0 atom stereocenters. The highest BCUT2D eigenvalue weighted by Gasteiger charge is 2.33. The molecule has 3 heterocycles. The molecule has 1 saturated carbocycles. The van der Waals surface area contributed by atoms with Gasteiger partial charge in [-0.25, -0.2) is 4.98 Å². The number of hydrogen-bond donors (Lipinski definition) is 0. The van der Waals surface area contributed by atoms with Gasteiger partial charge in [-0.3, -0.25) is 9.69 Å². The van der Waals surface area contributed by atoms with Crippen LogP contribution in [0.4, 0.5) is 19.0 Å². The first-order valence-electron chi connectivity index (χ1n) is 10.2. The smallest absolute Gasteiger partial charge is 0.346 e. The topological polar surface area (TPSA) is 42.6 Å². The van der Waals surface area contributed by atoms with Gasteiger partial charge in [0.1, 0.15) is 19.3 Å². The van der Waals surface area contributed by atoms with E-state index in [1.54, 1.807) is 11.0 Å². The van der Waals surface area contributed by atoms with Gasteiger partial charge in [0.15, 0.2) is 0 Å². The minimum atomic E-state index is -4.36. The number of alkyl halides is 3. The quantitative estimate of drug-likeness (QED) is 0.711. The van der Waals surface area contributed by atoms with Gasteiger partial charge in [0.2, 0.25) is 5.91 Å². The van der Waals surface area contributed by atoms with E-state index in [2.05, 4.69) is 29.5 Å². The Morgan fingerprint density at radius 2 is 1.83 bits per heavy atom. The first kappa shape index (κ1) is 20.5. The molecule has 2 aromatic rings. The summed E-state index contributed by atoms with van der Waals surface area (Å²) in [5.74, 6) is 0.584. The monoisotopic (exact) mass is 419 g/mol. The Kier molecular flexibility index (Phi) is 5.34. The first-order chi connectivity index (χ1) is 14.2. The first-order valence-corrected chi connectivity index (χ1v) is 10.2. The molecule has 5 nitrogen and oxygen atoms in total. The van der Waals surface area contributed by atoms with Crippen molar-refractivity contribution in [2.75, 3.05) is 31.1 Å². The molecule has 2 fully saturated rings. The standard InChI is InChI=1S/C22H25F3N4O/c1-15-13-17(16(2)29(15)19-5-6-19)3-8-21(30)28-11-9-27(10-12-28)20-7-4-18(14-26-20)22(23,24)25/h3-4,7-8,13-14,19H,5-6,9-12H2,1-2H3/p+1/b8-3+. The predicted molar refractivity (Wildman–Crippen MR) is 108 cm³/mol. The average molecular weight is 419 g/mol. The molecule has 30 heavy (non-hydrogen) atoms. The van der Waals surface area contributed by atoms with Crippen molar-refractivity contribution in [1.82, 2.24) is 9.47 Å². The van der Waals surface area contributed by atoms with E-state index in [1.807, 2.05) is 11.0 Å². The van der Waals surface area contributed by atoms with Crippen LogP contribution in [0.25, 0.3) is 6.08 Å². The van der Waals surface area contributed by atoms with Crippen molar-refractivity contribution in [3.8, 4) is 0 Å². The number of nitrogens with one attached hydrogen (secondary N) is 1. The maximum Gasteiger partial charge on any atom is 0.419 e. The van der Waals surface area contributed by atoms with Crippen molar-refractivity contribution in [3.05, 3.63) is 53.0 Å². The van der Waals surface area contributed by atoms with Crippen LogP contribution in [-0.2, 0) is 11.0 Å². The van der Waals surface area contributed by atoms with Gasteiger partial charge in [-0.1, -0.05) is 0 Å². The fourth-order valence-corrected chi connectivity index (χ4v) is 4.09. The van der Waals surface area contributed by atoms with Crippen LogP contribution < -0.4 is 9.88 Å². The van der Waals surface area contributed by atoms with Crippen LogP contribution in [0, 0.1) is 13.8 Å². The van der Waals surface area contributed by atoms with Crippen LogP contribution in [-0.4, -0.2) is 41.6 Å². The maximum atomic E-state index is 12.7. The number of aromatic amines is 1. The number of amides is 1. The van der Waals surface area contributed by atoms with Gasteiger partial charge < -0.3 is 9.47 Å². The van der Waals surface area contributed by atoms with E-state index in [4.69, 9.17) is 0 Å². The van der Waals surface area contributed by atoms with Crippen molar-refractivity contribution in [2.45, 2.75) is 38.9 Å². The Hall–Kier alpha value is -2.77. The molecule has 160 valence electrons. The molecule has 1 aliphatic heterocycles. The molecule has 0 bridgehead atoms. The Morgan fingerprint density at radius 1 is 1.13 bits per heavy atom. The summed E-state index contributed by atoms with van der Waals surface area (Å²) in [6.07, 6.45) is 2.58. The van der Waals surface area contributed by atoms with Gasteiger partial charge in [0.25, 0.3) is 5.82 Å². The Labute approximate surface area is 173 Å². The highest BCUT2D eigenvalue weighted by molar-refractivity contribution is 5.92. The molecule has 2 aliphatic rings. The molecule has 2 aromatic heterocycles. The lowest BCUT2D eigenvalue weighted by Gasteiger charge is -2.30. The minimum absolute atomic E-state index is 0.0396. The summed E-state index contributed by atoms with van der Waals surface area (Å²) in [4.78, 5) is 19.0. The zero-order chi connectivity index (χ0) is 21.5. The summed E-state index contributed by atoms with van der Waals surface area (Å²) >= 11 is 0. The second-order valence-electron chi connectivity index (χ2n) is 8.03. The lowest BCUT2D eigenvalue weighted by Crippen LogP contribution is -2.49. The fourth-order valence-electron chi connectivity index (χ4n) is 4.09. The molecule has 1 N–H and O–H groups in total. The van der Waals surface area contributed by atoms with E-state index in [-0.39, 0.29) is 5.91 Å². The van der Waals surface area contributed by atoms with Crippen LogP contribution >= 0.6 is 0 Å². The normalized spacial score (nSPS) is 17.8. The molecule has 0 aromatic carbocycles. The lowest BCUT2D eigenvalue weighted by molar-refractivity contribution is -0.367. The van der Waals surface area contributed by atoms with Crippen molar-refractivity contribution < 1.29 is 22.9 Å². The number of carbonyl (C=O) groups excluding carboxylic acids is 1. The third-order valence-electron chi connectivity index (χ3n) is 5.90. The van der Waals surface area contributed by atoms with E-state index >= 15 is 0 Å². The van der Waals surface area contributed by atoms with Crippen LogP contribution in [0.2, 0.25) is 0 Å². The van der Waals surface area contributed by atoms with Gasteiger partial charge in [-0.15, -0.1) is 0 Å². The van der Waals surface area contributed by atoms with E-state index in [0.717, 1.165) is 17.8 Å². The number of halogens is 3. The fraction of sp³-hybridized carbons (Fsp3) is 0.455. The molecular weight excluding hydrogens is 393 g/mol. The van der Waals surface area contributed by atoms with Gasteiger partial charge in [-0.05, 0) is 50.5 Å². The van der Waals surface area contributed by atoms with Gasteiger partial charge in [-0.2, -0.15) is 13.2 Å². The zero-order valence-electron chi connectivity index (χ0n) is 17.2. The van der Waals surface area contributed by atoms with Crippen LogP contribution in [0.3, 0.4) is 0 Å². The molecule has 1 saturated heterocycles. The van der Waals surface area contributed by atoms with Crippen LogP contribution in [0.5, 0.6) is 0 Å². The van der Waals surface area contributed by atoms with Crippen molar-refractivity contribution in [1.29, 1.82) is 0 Å². The summed E-state index contributed by atoms with van der Waals surface area (Å²) in [5.41, 5.74) is 2.79. The number of rotatable bonds is 4. The van der Waals surface area contributed by atoms with Gasteiger partial charge in [0, 0.05) is 29.6 Å². The largest absolute Gasteiger partial charge is 0.419 e. The minimum Gasteiger partial charge on any atom is -0.346 e. The number of aromatic nitrogens is 2. The number of pyridine rings is 1. The maximum absolute atomic E-state index is 12.7. The molecule has 4 rings (SSSR count). The summed E-state index contributed by atoms with van der Waals surface area (Å²) in [5, 5.41) is 0. The van der Waals surface area contributed by atoms with Crippen molar-refractivity contribution >= 4 is 17.8 Å². The highest BCUT2D eigenvalue weighted by Crippen LogP contribution is 2.38. The Bertz CT molecular complexity index is 950. The third-order valence-corrected chi connectivity index (χ3v) is 5.90. The number of anilines is 1. The Balaban J connectivity index is 1.34. The summed E-state index contributed by atoms with van der Waals surface area (Å²) in [6.45, 7) is 6.38. The molecule has 0 spiro atoms. The summed E-state index contributed by atoms with van der Waals surface area (Å²) in [6, 6.07) is 5.24. The van der Waals surface area contributed by atoms with E-state index in [1.165, 1.54) is 30.3 Å². The number of nitrogens with zero attached hydrogens (tertiary/aromatic N) is 3. The zero-order valence-corrected chi connectivity index (χ0v) is 17.2. The molecule has 0 radical (unpaired) electrons. The highest BCUT2D eigenvalue weighted by atomic mass is 19.4. The molecular formula is C22H26F3N4O+. The average Bonchev–Trinajstić information content (AvgIpc) is 3.51. The lowest BCUT2D eigenvalue weighted by atomic mass is 10.2. The van der Waals surface area contributed by atoms with Crippen molar-refractivity contribution in [3.63, 3.8) is 0 Å². The van der Waals surface area contributed by atoms with Crippen LogP contribution in [0.1, 0.15) is 41.4 Å². The van der Waals surface area contributed by atoms with E-state index in [9.17, 15) is 18.0 Å². The number of H-pyrrole nitrogens is 1. The van der Waals surface area contributed by atoms with Crippen molar-refractivity contribution in [2.24, 2.45) is 0 Å². The predicted octanol–water partition coefficient (Wildman–Crippen LogP) is 3.63. The van der Waals surface area contributed by atoms with E-state index < -0.39 is 11.7 Å². The SMILES string of the molecule is Cc1cc(/C=C/C(=O)N2CCN(c3ccc(C(F)(F)F)c[nH+]3)CC2)c(C)n1C1CC1. The molecule has 8 heteroatoms. The number of piperazine rings is 1. The molecule has 1 amide bonds.